The summed E-state index contributed by atoms with van der Waals surface area (Å²) >= 11 is 0. The van der Waals surface area contributed by atoms with Gasteiger partial charge in [0.1, 0.15) is 0 Å². The highest BCUT2D eigenvalue weighted by molar-refractivity contribution is 5.89. The SMILES string of the molecule is O=C(O)c1cn(-c2n[nH]c(=O)[nH]c2=O)cc1C(F)(F)F. The van der Waals surface area contributed by atoms with Gasteiger partial charge in [-0.3, -0.25) is 9.78 Å². The Labute approximate surface area is 106 Å². The third kappa shape index (κ3) is 2.32. The number of aromatic carboxylic acids is 1. The molecule has 0 fully saturated rings. The highest BCUT2D eigenvalue weighted by Gasteiger charge is 2.37. The van der Waals surface area contributed by atoms with Gasteiger partial charge < -0.3 is 9.67 Å². The highest BCUT2D eigenvalue weighted by atomic mass is 19.4. The fourth-order valence-corrected chi connectivity index (χ4v) is 1.49. The molecule has 3 N–H and O–H groups in total. The number of aromatic nitrogens is 4. The van der Waals surface area contributed by atoms with E-state index in [1.165, 1.54) is 0 Å². The van der Waals surface area contributed by atoms with E-state index in [4.69, 9.17) is 5.11 Å². The van der Waals surface area contributed by atoms with Crippen LogP contribution in [-0.2, 0) is 6.18 Å². The molecule has 20 heavy (non-hydrogen) atoms. The van der Waals surface area contributed by atoms with Gasteiger partial charge in [-0.2, -0.15) is 13.2 Å². The lowest BCUT2D eigenvalue weighted by atomic mass is 10.2. The predicted molar refractivity (Wildman–Crippen MR) is 56.8 cm³/mol. The van der Waals surface area contributed by atoms with E-state index in [1.54, 1.807) is 4.98 Å². The van der Waals surface area contributed by atoms with Crippen molar-refractivity contribution >= 4 is 5.97 Å². The molecule has 0 aliphatic carbocycles. The zero-order chi connectivity index (χ0) is 15.1. The van der Waals surface area contributed by atoms with E-state index < -0.39 is 40.3 Å². The fraction of sp³-hybridized carbons (Fsp3) is 0.111. The Morgan fingerprint density at radius 3 is 2.40 bits per heavy atom. The maximum absolute atomic E-state index is 12.7. The number of halogens is 3. The number of nitrogens with one attached hydrogen (secondary N) is 2. The summed E-state index contributed by atoms with van der Waals surface area (Å²) < 4.78 is 38.6. The molecular weight excluding hydrogens is 285 g/mol. The Kier molecular flexibility index (Phi) is 2.96. The standard InChI is InChI=1S/C9H5F3N4O4/c10-9(11,12)4-2-16(1-3(4)7(18)19)5-6(17)13-8(20)15-14-5/h1-2H,(H,18,19)(H2,13,15,17,20). The summed E-state index contributed by atoms with van der Waals surface area (Å²) in [5, 5.41) is 13.8. The van der Waals surface area contributed by atoms with Gasteiger partial charge in [0.2, 0.25) is 5.82 Å². The van der Waals surface area contributed by atoms with Gasteiger partial charge in [0, 0.05) is 12.4 Å². The average molecular weight is 290 g/mol. The van der Waals surface area contributed by atoms with Crippen LogP contribution < -0.4 is 11.2 Å². The van der Waals surface area contributed by atoms with Crippen LogP contribution in [0.3, 0.4) is 0 Å². The van der Waals surface area contributed by atoms with Crippen LogP contribution in [0.25, 0.3) is 5.82 Å². The summed E-state index contributed by atoms with van der Waals surface area (Å²) in [5.41, 5.74) is -4.47. The van der Waals surface area contributed by atoms with Crippen molar-refractivity contribution < 1.29 is 23.1 Å². The number of carboxylic acid groups (broad SMARTS) is 1. The van der Waals surface area contributed by atoms with Gasteiger partial charge in [0.15, 0.2) is 0 Å². The number of alkyl halides is 3. The number of hydrogen-bond acceptors (Lipinski definition) is 4. The molecule has 0 aliphatic rings. The van der Waals surface area contributed by atoms with Crippen LogP contribution in [0.1, 0.15) is 15.9 Å². The molecule has 2 rings (SSSR count). The lowest BCUT2D eigenvalue weighted by Gasteiger charge is -2.04. The van der Waals surface area contributed by atoms with E-state index in [0.29, 0.717) is 17.0 Å². The fourth-order valence-electron chi connectivity index (χ4n) is 1.49. The molecule has 0 saturated carbocycles. The first-order valence-electron chi connectivity index (χ1n) is 4.92. The Morgan fingerprint density at radius 2 is 1.95 bits per heavy atom. The van der Waals surface area contributed by atoms with Crippen LogP contribution in [0, 0.1) is 0 Å². The van der Waals surface area contributed by atoms with E-state index >= 15 is 0 Å². The van der Waals surface area contributed by atoms with Crippen molar-refractivity contribution in [2.24, 2.45) is 0 Å². The van der Waals surface area contributed by atoms with Crippen LogP contribution >= 0.6 is 0 Å². The number of rotatable bonds is 2. The molecule has 0 unspecified atom stereocenters. The molecule has 0 spiro atoms. The first kappa shape index (κ1) is 13.6. The molecule has 2 heterocycles. The minimum absolute atomic E-state index is 0.402. The molecular formula is C9H5F3N4O4. The van der Waals surface area contributed by atoms with Gasteiger partial charge in [0.25, 0.3) is 5.56 Å². The maximum atomic E-state index is 12.7. The Hall–Kier alpha value is -2.85. The van der Waals surface area contributed by atoms with E-state index in [1.807, 2.05) is 5.10 Å². The molecule has 0 radical (unpaired) electrons. The van der Waals surface area contributed by atoms with Crippen LogP contribution in [0.5, 0.6) is 0 Å². The zero-order valence-electron chi connectivity index (χ0n) is 9.35. The summed E-state index contributed by atoms with van der Waals surface area (Å²) in [6, 6.07) is 0. The summed E-state index contributed by atoms with van der Waals surface area (Å²) in [4.78, 5) is 34.7. The van der Waals surface area contributed by atoms with Gasteiger partial charge in [-0.25, -0.2) is 14.7 Å². The normalized spacial score (nSPS) is 11.6. The summed E-state index contributed by atoms with van der Waals surface area (Å²) in [5.74, 6) is -2.40. The Bertz CT molecular complexity index is 785. The average Bonchev–Trinajstić information content (AvgIpc) is 2.73. The zero-order valence-corrected chi connectivity index (χ0v) is 9.35. The van der Waals surface area contributed by atoms with Gasteiger partial charge in [-0.15, -0.1) is 5.10 Å². The van der Waals surface area contributed by atoms with E-state index in [9.17, 15) is 27.6 Å². The second kappa shape index (κ2) is 4.36. The van der Waals surface area contributed by atoms with E-state index in [0.717, 1.165) is 0 Å². The van der Waals surface area contributed by atoms with Crippen LogP contribution in [-0.4, -0.2) is 30.8 Å². The third-order valence-corrected chi connectivity index (χ3v) is 2.30. The minimum Gasteiger partial charge on any atom is -0.478 e. The first-order chi connectivity index (χ1) is 9.20. The number of carboxylic acids is 1. The van der Waals surface area contributed by atoms with Gasteiger partial charge in [-0.05, 0) is 0 Å². The van der Waals surface area contributed by atoms with Gasteiger partial charge in [-0.1, -0.05) is 0 Å². The van der Waals surface area contributed by atoms with Crippen molar-refractivity contribution in [3.63, 3.8) is 0 Å². The maximum Gasteiger partial charge on any atom is 0.418 e. The lowest BCUT2D eigenvalue weighted by molar-refractivity contribution is -0.138. The van der Waals surface area contributed by atoms with Crippen molar-refractivity contribution in [1.29, 1.82) is 0 Å². The molecule has 0 aromatic carbocycles. The molecule has 0 amide bonds. The summed E-state index contributed by atoms with van der Waals surface area (Å²) in [6.45, 7) is 0. The number of H-pyrrole nitrogens is 2. The van der Waals surface area contributed by atoms with Crippen molar-refractivity contribution in [3.05, 3.63) is 44.4 Å². The van der Waals surface area contributed by atoms with Crippen molar-refractivity contribution in [2.75, 3.05) is 0 Å². The third-order valence-electron chi connectivity index (χ3n) is 2.30. The Balaban J connectivity index is 2.68. The van der Waals surface area contributed by atoms with Crippen molar-refractivity contribution in [1.82, 2.24) is 19.7 Å². The molecule has 2 aromatic rings. The quantitative estimate of drug-likeness (QED) is 0.717. The number of hydrogen-bond donors (Lipinski definition) is 3. The second-order valence-electron chi connectivity index (χ2n) is 3.63. The first-order valence-corrected chi connectivity index (χ1v) is 4.92. The minimum atomic E-state index is -4.91. The molecule has 11 heteroatoms. The van der Waals surface area contributed by atoms with E-state index in [2.05, 4.69) is 5.10 Å². The predicted octanol–water partition coefficient (Wildman–Crippen LogP) is -0.0341. The van der Waals surface area contributed by atoms with Crippen molar-refractivity contribution in [3.8, 4) is 5.82 Å². The number of nitrogens with zero attached hydrogens (tertiary/aromatic N) is 2. The molecule has 0 aliphatic heterocycles. The molecule has 0 atom stereocenters. The van der Waals surface area contributed by atoms with Crippen molar-refractivity contribution in [2.45, 2.75) is 6.18 Å². The summed E-state index contributed by atoms with van der Waals surface area (Å²) in [7, 11) is 0. The molecule has 106 valence electrons. The van der Waals surface area contributed by atoms with E-state index in [-0.39, 0.29) is 0 Å². The highest BCUT2D eigenvalue weighted by Crippen LogP contribution is 2.33. The topological polar surface area (TPSA) is 121 Å². The van der Waals surface area contributed by atoms with Gasteiger partial charge >= 0.3 is 17.8 Å². The Morgan fingerprint density at radius 1 is 1.30 bits per heavy atom. The monoisotopic (exact) mass is 290 g/mol. The van der Waals surface area contributed by atoms with Crippen LogP contribution in [0.15, 0.2) is 22.0 Å². The molecule has 8 nitrogen and oxygen atoms in total. The molecule has 0 saturated heterocycles. The number of aromatic amines is 2. The smallest absolute Gasteiger partial charge is 0.418 e. The van der Waals surface area contributed by atoms with Crippen LogP contribution in [0.4, 0.5) is 13.2 Å². The van der Waals surface area contributed by atoms with Gasteiger partial charge in [0.05, 0.1) is 11.1 Å². The summed E-state index contributed by atoms with van der Waals surface area (Å²) in [6.07, 6.45) is -3.92. The largest absolute Gasteiger partial charge is 0.478 e. The molecule has 0 bridgehead atoms. The number of carbonyl (C=O) groups is 1. The molecule has 2 aromatic heterocycles. The van der Waals surface area contributed by atoms with Crippen LogP contribution in [0.2, 0.25) is 0 Å². The lowest BCUT2D eigenvalue weighted by Crippen LogP contribution is -2.27. The second-order valence-corrected chi connectivity index (χ2v) is 3.63.